The molecule has 0 aliphatic carbocycles. The molecule has 0 aromatic heterocycles. The second kappa shape index (κ2) is 5.96. The van der Waals surface area contributed by atoms with Crippen molar-refractivity contribution in [3.8, 4) is 0 Å². The van der Waals surface area contributed by atoms with Gasteiger partial charge >= 0.3 is 0 Å². The molecule has 1 rings (SSSR count). The molecule has 14 heavy (non-hydrogen) atoms. The molecule has 0 fully saturated rings. The van der Waals surface area contributed by atoms with E-state index >= 15 is 0 Å². The van der Waals surface area contributed by atoms with Crippen molar-refractivity contribution in [1.82, 2.24) is 0 Å². The zero-order chi connectivity index (χ0) is 10.4. The molecule has 3 heteroatoms. The van der Waals surface area contributed by atoms with Crippen LogP contribution in [0.25, 0.3) is 0 Å². The summed E-state index contributed by atoms with van der Waals surface area (Å²) in [5.41, 5.74) is 0. The number of ether oxygens (including phenoxy) is 1. The number of benzene rings is 1. The van der Waals surface area contributed by atoms with Crippen LogP contribution in [0.1, 0.15) is 13.8 Å². The smallest absolute Gasteiger partial charge is 0.211 e. The first-order valence-corrected chi connectivity index (χ1v) is 6.87. The van der Waals surface area contributed by atoms with Gasteiger partial charge in [-0.05, 0) is 18.2 Å². The van der Waals surface area contributed by atoms with Crippen molar-refractivity contribution in [3.05, 3.63) is 30.3 Å². The average molecular weight is 210 g/mol. The standard InChI is InChI=1S/C11H18O2Si/c1-4-14(13-10(2)12-3)11-8-6-5-7-9-11/h5-10,14H,4H2,1-3H3. The van der Waals surface area contributed by atoms with Crippen LogP contribution in [0.15, 0.2) is 30.3 Å². The Morgan fingerprint density at radius 3 is 2.43 bits per heavy atom. The Bertz CT molecular complexity index is 251. The summed E-state index contributed by atoms with van der Waals surface area (Å²) in [7, 11) is 0.406. The highest BCUT2D eigenvalue weighted by molar-refractivity contribution is 6.67. The van der Waals surface area contributed by atoms with Gasteiger partial charge in [0.15, 0.2) is 0 Å². The monoisotopic (exact) mass is 210 g/mol. The minimum Gasteiger partial charge on any atom is -0.391 e. The molecular weight excluding hydrogens is 192 g/mol. The van der Waals surface area contributed by atoms with E-state index in [0.717, 1.165) is 6.04 Å². The first-order valence-electron chi connectivity index (χ1n) is 5.01. The average Bonchev–Trinajstić information content (AvgIpc) is 2.26. The van der Waals surface area contributed by atoms with Gasteiger partial charge in [0.05, 0.1) is 0 Å². The van der Waals surface area contributed by atoms with Gasteiger partial charge in [-0.15, -0.1) is 0 Å². The van der Waals surface area contributed by atoms with Gasteiger partial charge in [-0.2, -0.15) is 0 Å². The zero-order valence-corrected chi connectivity index (χ0v) is 10.2. The van der Waals surface area contributed by atoms with E-state index in [1.807, 2.05) is 13.0 Å². The highest BCUT2D eigenvalue weighted by Gasteiger charge is 2.14. The molecule has 0 bridgehead atoms. The third-order valence-electron chi connectivity index (χ3n) is 2.23. The van der Waals surface area contributed by atoms with Crippen molar-refractivity contribution in [1.29, 1.82) is 0 Å². The van der Waals surface area contributed by atoms with Crippen LogP contribution in [0.2, 0.25) is 6.04 Å². The molecule has 1 aromatic carbocycles. The molecule has 0 aliphatic rings. The van der Waals surface area contributed by atoms with E-state index in [1.165, 1.54) is 5.19 Å². The number of rotatable bonds is 5. The summed E-state index contributed by atoms with van der Waals surface area (Å²) in [6.45, 7) is 4.12. The van der Waals surface area contributed by atoms with Gasteiger partial charge < -0.3 is 9.16 Å². The van der Waals surface area contributed by atoms with Crippen LogP contribution >= 0.6 is 0 Å². The Balaban J connectivity index is 2.63. The Kier molecular flexibility index (Phi) is 4.86. The van der Waals surface area contributed by atoms with Crippen molar-refractivity contribution < 1.29 is 9.16 Å². The molecular formula is C11H18O2Si. The Labute approximate surface area is 87.6 Å². The predicted octanol–water partition coefficient (Wildman–Crippen LogP) is 1.65. The fourth-order valence-corrected chi connectivity index (χ4v) is 3.41. The van der Waals surface area contributed by atoms with E-state index in [1.54, 1.807) is 7.11 Å². The Hall–Kier alpha value is -0.643. The summed E-state index contributed by atoms with van der Waals surface area (Å²) in [5.74, 6) is 0. The summed E-state index contributed by atoms with van der Waals surface area (Å²) < 4.78 is 11.0. The molecule has 78 valence electrons. The van der Waals surface area contributed by atoms with Crippen LogP contribution in [-0.4, -0.2) is 22.4 Å². The van der Waals surface area contributed by atoms with Gasteiger partial charge in [0.25, 0.3) is 0 Å². The van der Waals surface area contributed by atoms with Crippen LogP contribution in [0, 0.1) is 0 Å². The largest absolute Gasteiger partial charge is 0.391 e. The number of hydrogen-bond acceptors (Lipinski definition) is 2. The lowest BCUT2D eigenvalue weighted by Gasteiger charge is -2.19. The summed E-state index contributed by atoms with van der Waals surface area (Å²) in [4.78, 5) is 0. The molecule has 2 atom stereocenters. The van der Waals surface area contributed by atoms with E-state index in [4.69, 9.17) is 9.16 Å². The van der Waals surface area contributed by atoms with Crippen LogP contribution in [0.5, 0.6) is 0 Å². The van der Waals surface area contributed by atoms with Gasteiger partial charge in [0, 0.05) is 7.11 Å². The normalized spacial score (nSPS) is 15.1. The quantitative estimate of drug-likeness (QED) is 0.543. The van der Waals surface area contributed by atoms with E-state index < -0.39 is 9.04 Å². The Morgan fingerprint density at radius 2 is 1.93 bits per heavy atom. The maximum Gasteiger partial charge on any atom is 0.211 e. The Morgan fingerprint density at radius 1 is 1.29 bits per heavy atom. The lowest BCUT2D eigenvalue weighted by Crippen LogP contribution is -2.36. The maximum absolute atomic E-state index is 5.85. The van der Waals surface area contributed by atoms with E-state index in [-0.39, 0.29) is 6.29 Å². The lowest BCUT2D eigenvalue weighted by atomic mass is 10.4. The van der Waals surface area contributed by atoms with Gasteiger partial charge in [-0.1, -0.05) is 37.3 Å². The second-order valence-corrected chi connectivity index (χ2v) is 5.98. The first-order chi connectivity index (χ1) is 6.77. The van der Waals surface area contributed by atoms with Gasteiger partial charge in [-0.3, -0.25) is 0 Å². The van der Waals surface area contributed by atoms with Crippen LogP contribution < -0.4 is 5.19 Å². The molecule has 2 nitrogen and oxygen atoms in total. The summed E-state index contributed by atoms with van der Waals surface area (Å²) in [6, 6.07) is 11.5. The highest BCUT2D eigenvalue weighted by atomic mass is 28.3. The molecule has 1 aromatic rings. The van der Waals surface area contributed by atoms with Crippen LogP contribution in [0.3, 0.4) is 0 Å². The molecule has 2 unspecified atom stereocenters. The molecule has 0 aliphatic heterocycles. The lowest BCUT2D eigenvalue weighted by molar-refractivity contribution is -0.0396. The predicted molar refractivity (Wildman–Crippen MR) is 61.3 cm³/mol. The number of methoxy groups -OCH3 is 1. The number of hydrogen-bond donors (Lipinski definition) is 0. The van der Waals surface area contributed by atoms with Crippen molar-refractivity contribution in [2.45, 2.75) is 26.2 Å². The maximum atomic E-state index is 5.85. The highest BCUT2D eigenvalue weighted by Crippen LogP contribution is 2.01. The fourth-order valence-electron chi connectivity index (χ4n) is 1.37. The molecule has 0 saturated heterocycles. The topological polar surface area (TPSA) is 18.5 Å². The van der Waals surface area contributed by atoms with Crippen molar-refractivity contribution in [2.75, 3.05) is 7.11 Å². The molecule has 0 heterocycles. The summed E-state index contributed by atoms with van der Waals surface area (Å²) >= 11 is 0. The van der Waals surface area contributed by atoms with E-state index in [0.29, 0.717) is 0 Å². The molecule has 0 radical (unpaired) electrons. The van der Waals surface area contributed by atoms with E-state index in [2.05, 4.69) is 31.2 Å². The van der Waals surface area contributed by atoms with E-state index in [9.17, 15) is 0 Å². The van der Waals surface area contributed by atoms with Gasteiger partial charge in [0.2, 0.25) is 9.04 Å². The third kappa shape index (κ3) is 3.25. The first kappa shape index (κ1) is 11.4. The molecule has 0 amide bonds. The summed E-state index contributed by atoms with van der Waals surface area (Å²) in [6.07, 6.45) is -0.0909. The van der Waals surface area contributed by atoms with Gasteiger partial charge in [-0.25, -0.2) is 0 Å². The molecule has 0 saturated carbocycles. The van der Waals surface area contributed by atoms with Crippen molar-refractivity contribution in [3.63, 3.8) is 0 Å². The summed E-state index contributed by atoms with van der Waals surface area (Å²) in [5, 5.41) is 1.35. The minimum atomic E-state index is -1.27. The third-order valence-corrected chi connectivity index (χ3v) is 4.81. The van der Waals surface area contributed by atoms with Crippen LogP contribution in [0.4, 0.5) is 0 Å². The fraction of sp³-hybridized carbons (Fsp3) is 0.455. The van der Waals surface area contributed by atoms with Crippen molar-refractivity contribution >= 4 is 14.2 Å². The zero-order valence-electron chi connectivity index (χ0n) is 9.07. The molecule has 0 spiro atoms. The van der Waals surface area contributed by atoms with Gasteiger partial charge in [0.1, 0.15) is 6.29 Å². The second-order valence-electron chi connectivity index (χ2n) is 3.25. The minimum absolute atomic E-state index is 0.0909. The van der Waals surface area contributed by atoms with Crippen molar-refractivity contribution in [2.24, 2.45) is 0 Å². The SMILES string of the molecule is CC[SiH](OC(C)OC)c1ccccc1. The molecule has 0 N–H and O–H groups in total. The van der Waals surface area contributed by atoms with Crippen LogP contribution in [-0.2, 0) is 9.16 Å².